The van der Waals surface area contributed by atoms with Gasteiger partial charge in [-0.3, -0.25) is 0 Å². The third kappa shape index (κ3) is 3.56. The van der Waals surface area contributed by atoms with Crippen LogP contribution in [-0.4, -0.2) is 13.5 Å². The Labute approximate surface area is 127 Å². The van der Waals surface area contributed by atoms with Crippen molar-refractivity contribution >= 4 is 22.6 Å². The minimum Gasteiger partial charge on any atom is -0.497 e. The van der Waals surface area contributed by atoms with E-state index in [-0.39, 0.29) is 5.75 Å². The lowest BCUT2D eigenvalue weighted by atomic mass is 10.0. The zero-order chi connectivity index (χ0) is 14.8. The van der Waals surface area contributed by atoms with Crippen molar-refractivity contribution in [2.75, 3.05) is 7.11 Å². The summed E-state index contributed by atoms with van der Waals surface area (Å²) >= 11 is 2.05. The molecule has 20 heavy (non-hydrogen) atoms. The van der Waals surface area contributed by atoms with Crippen LogP contribution in [0.5, 0.6) is 11.5 Å². The first kappa shape index (κ1) is 15.0. The molecule has 0 heterocycles. The van der Waals surface area contributed by atoms with Gasteiger partial charge in [0.2, 0.25) is 0 Å². The predicted octanol–water partition coefficient (Wildman–Crippen LogP) is 4.87. The number of alkyl halides is 3. The maximum Gasteiger partial charge on any atom is 0.573 e. The van der Waals surface area contributed by atoms with Gasteiger partial charge < -0.3 is 9.47 Å². The summed E-state index contributed by atoms with van der Waals surface area (Å²) in [6.07, 6.45) is -4.71. The largest absolute Gasteiger partial charge is 0.573 e. The lowest BCUT2D eigenvalue weighted by molar-refractivity contribution is -0.274. The third-order valence-corrected chi connectivity index (χ3v) is 3.47. The molecule has 0 aliphatic carbocycles. The maximum absolute atomic E-state index is 12.4. The van der Waals surface area contributed by atoms with Crippen molar-refractivity contribution in [3.63, 3.8) is 0 Å². The first-order chi connectivity index (χ1) is 9.40. The zero-order valence-corrected chi connectivity index (χ0v) is 12.5. The molecule has 0 N–H and O–H groups in total. The molecule has 2 rings (SSSR count). The van der Waals surface area contributed by atoms with E-state index in [9.17, 15) is 13.2 Å². The topological polar surface area (TPSA) is 18.5 Å². The molecule has 0 amide bonds. The van der Waals surface area contributed by atoms with Crippen molar-refractivity contribution in [2.24, 2.45) is 0 Å². The highest BCUT2D eigenvalue weighted by molar-refractivity contribution is 14.1. The van der Waals surface area contributed by atoms with Gasteiger partial charge in [-0.2, -0.15) is 0 Å². The Morgan fingerprint density at radius 3 is 2.30 bits per heavy atom. The van der Waals surface area contributed by atoms with Gasteiger partial charge in [-0.15, -0.1) is 13.2 Å². The van der Waals surface area contributed by atoms with Crippen LogP contribution in [0.2, 0.25) is 0 Å². The van der Waals surface area contributed by atoms with E-state index in [0.29, 0.717) is 16.9 Å². The van der Waals surface area contributed by atoms with Gasteiger partial charge in [-0.1, -0.05) is 18.2 Å². The molecule has 6 heteroatoms. The Morgan fingerprint density at radius 2 is 1.70 bits per heavy atom. The molecule has 106 valence electrons. The molecule has 0 bridgehead atoms. The van der Waals surface area contributed by atoms with Crippen LogP contribution in [0.25, 0.3) is 11.1 Å². The number of hydrogen-bond acceptors (Lipinski definition) is 2. The lowest BCUT2D eigenvalue weighted by Crippen LogP contribution is -2.17. The van der Waals surface area contributed by atoms with Crippen molar-refractivity contribution in [3.8, 4) is 22.6 Å². The van der Waals surface area contributed by atoms with E-state index in [0.717, 1.165) is 3.57 Å². The molecule has 0 aliphatic rings. The van der Waals surface area contributed by atoms with E-state index in [2.05, 4.69) is 4.74 Å². The maximum atomic E-state index is 12.4. The molecular formula is C14H10F3IO2. The summed E-state index contributed by atoms with van der Waals surface area (Å²) in [5, 5.41) is 0. The third-order valence-electron chi connectivity index (χ3n) is 2.58. The first-order valence-electron chi connectivity index (χ1n) is 5.59. The molecular weight excluding hydrogens is 384 g/mol. The Kier molecular flexibility index (Phi) is 4.42. The van der Waals surface area contributed by atoms with Crippen LogP contribution >= 0.6 is 22.6 Å². The summed E-state index contributed by atoms with van der Waals surface area (Å²) in [6, 6.07) is 11.2. The molecule has 0 atom stereocenters. The number of halogens is 4. The Hall–Kier alpha value is -1.44. The van der Waals surface area contributed by atoms with Crippen molar-refractivity contribution in [2.45, 2.75) is 6.36 Å². The zero-order valence-electron chi connectivity index (χ0n) is 10.4. The van der Waals surface area contributed by atoms with E-state index < -0.39 is 6.36 Å². The van der Waals surface area contributed by atoms with Gasteiger partial charge in [-0.25, -0.2) is 0 Å². The molecule has 0 spiro atoms. The molecule has 0 saturated heterocycles. The average Bonchev–Trinajstić information content (AvgIpc) is 2.38. The fourth-order valence-corrected chi connectivity index (χ4v) is 2.52. The second-order valence-corrected chi connectivity index (χ2v) is 5.05. The number of para-hydroxylation sites is 1. The van der Waals surface area contributed by atoms with Crippen LogP contribution in [0.1, 0.15) is 0 Å². The first-order valence-corrected chi connectivity index (χ1v) is 6.67. The molecule has 0 aliphatic heterocycles. The van der Waals surface area contributed by atoms with Gasteiger partial charge in [0.1, 0.15) is 11.5 Å². The van der Waals surface area contributed by atoms with E-state index >= 15 is 0 Å². The minimum absolute atomic E-state index is 0.219. The van der Waals surface area contributed by atoms with Crippen LogP contribution in [0.4, 0.5) is 13.2 Å². The molecule has 0 fully saturated rings. The van der Waals surface area contributed by atoms with Crippen LogP contribution in [0.15, 0.2) is 42.5 Å². The van der Waals surface area contributed by atoms with Gasteiger partial charge in [0.15, 0.2) is 0 Å². The van der Waals surface area contributed by atoms with Crippen molar-refractivity contribution in [1.29, 1.82) is 0 Å². The number of benzene rings is 2. The quantitative estimate of drug-likeness (QED) is 0.692. The number of ether oxygens (including phenoxy) is 2. The normalized spacial score (nSPS) is 11.2. The molecule has 2 aromatic rings. The summed E-state index contributed by atoms with van der Waals surface area (Å²) in [7, 11) is 1.53. The monoisotopic (exact) mass is 394 g/mol. The van der Waals surface area contributed by atoms with Crippen molar-refractivity contribution in [3.05, 3.63) is 46.0 Å². The Morgan fingerprint density at radius 1 is 1.00 bits per heavy atom. The number of rotatable bonds is 3. The molecule has 0 aromatic heterocycles. The molecule has 2 aromatic carbocycles. The highest BCUT2D eigenvalue weighted by atomic mass is 127. The highest BCUT2D eigenvalue weighted by Gasteiger charge is 2.32. The van der Waals surface area contributed by atoms with Crippen LogP contribution in [-0.2, 0) is 0 Å². The Bertz CT molecular complexity index is 612. The molecule has 0 unspecified atom stereocenters. The number of hydrogen-bond donors (Lipinski definition) is 0. The van der Waals surface area contributed by atoms with Gasteiger partial charge in [0.05, 0.1) is 7.11 Å². The Balaban J connectivity index is 2.47. The van der Waals surface area contributed by atoms with Gasteiger partial charge in [0.25, 0.3) is 0 Å². The summed E-state index contributed by atoms with van der Waals surface area (Å²) in [5.74, 6) is 0.426. The SMILES string of the molecule is COc1ccc(-c2ccccc2OC(F)(F)F)c(I)c1. The second kappa shape index (κ2) is 5.90. The smallest absolute Gasteiger partial charge is 0.497 e. The van der Waals surface area contributed by atoms with E-state index in [1.54, 1.807) is 30.3 Å². The molecule has 2 nitrogen and oxygen atoms in total. The fraction of sp³-hybridized carbons (Fsp3) is 0.143. The van der Waals surface area contributed by atoms with E-state index in [4.69, 9.17) is 4.74 Å². The molecule has 0 radical (unpaired) electrons. The van der Waals surface area contributed by atoms with Crippen molar-refractivity contribution < 1.29 is 22.6 Å². The van der Waals surface area contributed by atoms with E-state index in [1.165, 1.54) is 19.2 Å². The summed E-state index contributed by atoms with van der Waals surface area (Å²) in [4.78, 5) is 0. The lowest BCUT2D eigenvalue weighted by Gasteiger charge is -2.14. The number of methoxy groups -OCH3 is 1. The van der Waals surface area contributed by atoms with Gasteiger partial charge >= 0.3 is 6.36 Å². The fourth-order valence-electron chi connectivity index (χ4n) is 1.74. The molecule has 0 saturated carbocycles. The van der Waals surface area contributed by atoms with Crippen LogP contribution in [0, 0.1) is 3.57 Å². The van der Waals surface area contributed by atoms with Crippen LogP contribution < -0.4 is 9.47 Å². The van der Waals surface area contributed by atoms with Gasteiger partial charge in [0, 0.05) is 9.13 Å². The minimum atomic E-state index is -4.71. The summed E-state index contributed by atoms with van der Waals surface area (Å²) in [6.45, 7) is 0. The summed E-state index contributed by atoms with van der Waals surface area (Å²) < 4.78 is 47.2. The van der Waals surface area contributed by atoms with Gasteiger partial charge in [-0.05, 0) is 52.4 Å². The standard InChI is InChI=1S/C14H10F3IO2/c1-19-9-6-7-10(12(18)8-9)11-4-2-3-5-13(11)20-14(15,16)17/h2-8H,1H3. The second-order valence-electron chi connectivity index (χ2n) is 3.89. The van der Waals surface area contributed by atoms with Crippen molar-refractivity contribution in [1.82, 2.24) is 0 Å². The predicted molar refractivity (Wildman–Crippen MR) is 77.8 cm³/mol. The average molecular weight is 394 g/mol. The van der Waals surface area contributed by atoms with E-state index in [1.807, 2.05) is 22.6 Å². The highest BCUT2D eigenvalue weighted by Crippen LogP contribution is 2.37. The summed E-state index contributed by atoms with van der Waals surface area (Å²) in [5.41, 5.74) is 1.04. The van der Waals surface area contributed by atoms with Crippen LogP contribution in [0.3, 0.4) is 0 Å².